The Morgan fingerprint density at radius 1 is 1.20 bits per heavy atom. The number of hydrogen-bond donors (Lipinski definition) is 2. The molecule has 25 heavy (non-hydrogen) atoms. The van der Waals surface area contributed by atoms with E-state index in [1.807, 2.05) is 47.5 Å². The van der Waals surface area contributed by atoms with Crippen LogP contribution >= 0.6 is 12.8 Å². The van der Waals surface area contributed by atoms with E-state index in [0.29, 0.717) is 24.3 Å². The van der Waals surface area contributed by atoms with Crippen molar-refractivity contribution in [3.05, 3.63) is 64.9 Å². The fourth-order valence-electron chi connectivity index (χ4n) is 4.07. The van der Waals surface area contributed by atoms with E-state index >= 15 is 0 Å². The first-order chi connectivity index (χ1) is 12.1. The van der Waals surface area contributed by atoms with Crippen molar-refractivity contribution in [2.45, 2.75) is 18.4 Å². The summed E-state index contributed by atoms with van der Waals surface area (Å²) in [5, 5.41) is 8.04. The molecule has 1 saturated carbocycles. The van der Waals surface area contributed by atoms with Gasteiger partial charge in [-0.25, -0.2) is 4.40 Å². The second-order valence-electron chi connectivity index (χ2n) is 6.64. The molecule has 1 aromatic carbocycles. The summed E-state index contributed by atoms with van der Waals surface area (Å²) in [6.07, 6.45) is 8.78. The second kappa shape index (κ2) is 4.89. The van der Waals surface area contributed by atoms with E-state index in [2.05, 4.69) is 22.2 Å². The lowest BCUT2D eigenvalue weighted by Crippen LogP contribution is -2.47. The molecule has 1 unspecified atom stereocenters. The highest BCUT2D eigenvalue weighted by Crippen LogP contribution is 2.48. The zero-order valence-corrected chi connectivity index (χ0v) is 14.1. The molecule has 0 bridgehead atoms. The maximum Gasteiger partial charge on any atom is 0.274 e. The molecular weight excluding hydrogens is 332 g/mol. The standard InChI is InChI=1S/C19H14N4OS/c20-15-7-12-9-19(10-13(12)8-16(15)22-25)18(24)21-17-14-4-2-1-3-11(14)5-6-23(17)19/h1-8,20,25H,9-10H2/b20-15?,22-16-. The van der Waals surface area contributed by atoms with Crippen LogP contribution in [0.15, 0.2) is 63.2 Å². The molecule has 1 N–H and O–H groups in total. The maximum atomic E-state index is 12.9. The number of amides is 1. The number of carbonyl (C=O) groups excluding carboxylic acids is 1. The van der Waals surface area contributed by atoms with Crippen molar-refractivity contribution in [1.82, 2.24) is 4.90 Å². The number of hydrogen-bond acceptors (Lipinski definition) is 5. The Hall–Kier alpha value is -2.73. The van der Waals surface area contributed by atoms with Crippen molar-refractivity contribution in [2.24, 2.45) is 9.39 Å². The van der Waals surface area contributed by atoms with E-state index in [0.717, 1.165) is 28.1 Å². The number of nitrogens with one attached hydrogen (secondary N) is 1. The van der Waals surface area contributed by atoms with Gasteiger partial charge in [0.25, 0.3) is 5.91 Å². The number of allylic oxidation sites excluding steroid dienone is 2. The number of rotatable bonds is 0. The molecule has 2 heterocycles. The van der Waals surface area contributed by atoms with Crippen LogP contribution < -0.4 is 0 Å². The van der Waals surface area contributed by atoms with Crippen LogP contribution in [0, 0.1) is 5.41 Å². The third-order valence-corrected chi connectivity index (χ3v) is 5.51. The number of amidine groups is 1. The number of fused-ring (bicyclic) bond motifs is 5. The third-order valence-electron chi connectivity index (χ3n) is 5.29. The number of carbonyl (C=O) groups is 1. The lowest BCUT2D eigenvalue weighted by Gasteiger charge is -2.34. The average molecular weight is 346 g/mol. The summed E-state index contributed by atoms with van der Waals surface area (Å²) in [6, 6.07) is 7.97. The summed E-state index contributed by atoms with van der Waals surface area (Å²) in [7, 11) is 0. The Balaban J connectivity index is 1.61. The van der Waals surface area contributed by atoms with Gasteiger partial charge in [0.15, 0.2) is 0 Å². The lowest BCUT2D eigenvalue weighted by atomic mass is 9.92. The third kappa shape index (κ3) is 1.85. The number of thiol groups is 1. The highest BCUT2D eigenvalue weighted by atomic mass is 32.1. The topological polar surface area (TPSA) is 68.9 Å². The summed E-state index contributed by atoms with van der Waals surface area (Å²) in [4.78, 5) is 19.3. The Morgan fingerprint density at radius 3 is 2.76 bits per heavy atom. The fraction of sp³-hybridized carbons (Fsp3) is 0.158. The largest absolute Gasteiger partial charge is 0.316 e. The molecule has 0 saturated heterocycles. The van der Waals surface area contributed by atoms with Gasteiger partial charge in [-0.1, -0.05) is 24.3 Å². The van der Waals surface area contributed by atoms with Crippen LogP contribution in [0.1, 0.15) is 24.0 Å². The van der Waals surface area contributed by atoms with E-state index in [4.69, 9.17) is 5.41 Å². The van der Waals surface area contributed by atoms with Gasteiger partial charge in [0.05, 0.1) is 11.4 Å². The van der Waals surface area contributed by atoms with E-state index < -0.39 is 5.54 Å². The molecule has 5 nitrogen and oxygen atoms in total. The molecule has 6 heteroatoms. The Bertz CT molecular complexity index is 1010. The van der Waals surface area contributed by atoms with E-state index in [-0.39, 0.29) is 5.91 Å². The van der Waals surface area contributed by atoms with Crippen LogP contribution in [0.25, 0.3) is 6.08 Å². The minimum absolute atomic E-state index is 0.115. The number of nitrogens with zero attached hydrogens (tertiary/aromatic N) is 3. The molecule has 2 aliphatic carbocycles. The number of aliphatic imine (C=N–C) groups is 1. The first kappa shape index (κ1) is 14.6. The van der Waals surface area contributed by atoms with Crippen LogP contribution in [-0.2, 0) is 4.79 Å². The first-order valence-corrected chi connectivity index (χ1v) is 8.45. The van der Waals surface area contributed by atoms with Crippen molar-refractivity contribution in [2.75, 3.05) is 0 Å². The highest BCUT2D eigenvalue weighted by molar-refractivity contribution is 7.79. The van der Waals surface area contributed by atoms with E-state index in [9.17, 15) is 4.79 Å². The second-order valence-corrected chi connectivity index (χ2v) is 6.84. The molecule has 1 amide bonds. The molecular formula is C19H14N4OS. The van der Waals surface area contributed by atoms with Gasteiger partial charge < -0.3 is 4.90 Å². The quantitative estimate of drug-likeness (QED) is 0.560. The van der Waals surface area contributed by atoms with Crippen LogP contribution in [0.4, 0.5) is 0 Å². The smallest absolute Gasteiger partial charge is 0.274 e. The molecule has 1 atom stereocenters. The van der Waals surface area contributed by atoms with Crippen molar-refractivity contribution >= 4 is 42.1 Å². The summed E-state index contributed by atoms with van der Waals surface area (Å²) < 4.78 is 3.86. The monoisotopic (exact) mass is 346 g/mol. The molecule has 4 aliphatic rings. The van der Waals surface area contributed by atoms with Crippen molar-refractivity contribution in [1.29, 1.82) is 5.41 Å². The van der Waals surface area contributed by atoms with Gasteiger partial charge in [-0.2, -0.15) is 4.99 Å². The van der Waals surface area contributed by atoms with Crippen LogP contribution in [0.3, 0.4) is 0 Å². The SMILES string of the molecule is N=C1C=C2CC3(CC2=C/C1=N/S)C(=O)N=C1c2ccccc2C=CN13. The van der Waals surface area contributed by atoms with Gasteiger partial charge in [-0.15, -0.1) is 0 Å². The van der Waals surface area contributed by atoms with Gasteiger partial charge in [0, 0.05) is 24.6 Å². The Labute approximate surface area is 150 Å². The average Bonchev–Trinajstić information content (AvgIpc) is 3.12. The molecule has 1 aromatic rings. The van der Waals surface area contributed by atoms with Gasteiger partial charge in [-0.05, 0) is 47.8 Å². The fourth-order valence-corrected chi connectivity index (χ4v) is 4.23. The van der Waals surface area contributed by atoms with Crippen molar-refractivity contribution < 1.29 is 4.79 Å². The molecule has 0 radical (unpaired) electrons. The highest BCUT2D eigenvalue weighted by Gasteiger charge is 2.55. The summed E-state index contributed by atoms with van der Waals surface area (Å²) in [6.45, 7) is 0. The Morgan fingerprint density at radius 2 is 1.96 bits per heavy atom. The maximum absolute atomic E-state index is 12.9. The minimum atomic E-state index is -0.719. The molecule has 1 spiro atoms. The molecule has 1 fully saturated rings. The van der Waals surface area contributed by atoms with Crippen molar-refractivity contribution in [3.63, 3.8) is 0 Å². The molecule has 2 aliphatic heterocycles. The first-order valence-electron chi connectivity index (χ1n) is 8.05. The Kier molecular flexibility index (Phi) is 2.86. The zero-order chi connectivity index (χ0) is 17.2. The van der Waals surface area contributed by atoms with Gasteiger partial charge in [-0.3, -0.25) is 10.2 Å². The van der Waals surface area contributed by atoms with Crippen molar-refractivity contribution in [3.8, 4) is 0 Å². The van der Waals surface area contributed by atoms with Crippen LogP contribution in [0.2, 0.25) is 0 Å². The van der Waals surface area contributed by atoms with Crippen LogP contribution in [-0.4, -0.2) is 33.6 Å². The predicted octanol–water partition coefficient (Wildman–Crippen LogP) is 2.96. The summed E-state index contributed by atoms with van der Waals surface area (Å²) >= 11 is 3.94. The molecule has 5 rings (SSSR count). The predicted molar refractivity (Wildman–Crippen MR) is 101 cm³/mol. The summed E-state index contributed by atoms with van der Waals surface area (Å²) in [5.41, 5.74) is 4.26. The molecule has 0 aromatic heterocycles. The molecule has 122 valence electrons. The van der Waals surface area contributed by atoms with E-state index in [1.54, 1.807) is 6.08 Å². The van der Waals surface area contributed by atoms with E-state index in [1.165, 1.54) is 0 Å². The van der Waals surface area contributed by atoms with Gasteiger partial charge in [0.1, 0.15) is 11.4 Å². The van der Waals surface area contributed by atoms with Gasteiger partial charge >= 0.3 is 0 Å². The lowest BCUT2D eigenvalue weighted by molar-refractivity contribution is -0.124. The number of benzene rings is 1. The summed E-state index contributed by atoms with van der Waals surface area (Å²) in [5.74, 6) is 0.608. The zero-order valence-electron chi connectivity index (χ0n) is 13.2. The normalized spacial score (nSPS) is 28.0. The van der Waals surface area contributed by atoms with Crippen LogP contribution in [0.5, 0.6) is 0 Å². The van der Waals surface area contributed by atoms with Gasteiger partial charge in [0.2, 0.25) is 0 Å². The minimum Gasteiger partial charge on any atom is -0.316 e.